The Balaban J connectivity index is 2.36. The third kappa shape index (κ3) is 1.20. The van der Waals surface area contributed by atoms with Crippen molar-refractivity contribution in [3.63, 3.8) is 0 Å². The summed E-state index contributed by atoms with van der Waals surface area (Å²) in [4.78, 5) is 4.16. The number of aromatic nitrogens is 2. The normalized spacial score (nSPS) is 23.3. The predicted molar refractivity (Wildman–Crippen MR) is 46.2 cm³/mol. The van der Waals surface area contributed by atoms with Crippen LogP contribution in [-0.4, -0.2) is 15.6 Å². The van der Waals surface area contributed by atoms with Gasteiger partial charge in [0.25, 0.3) is 0 Å². The molecule has 0 saturated heterocycles. The minimum Gasteiger partial charge on any atom is -0.332 e. The highest BCUT2D eigenvalue weighted by atomic mass is 79.9. The van der Waals surface area contributed by atoms with E-state index in [2.05, 4.69) is 25.5 Å². The second-order valence-electron chi connectivity index (χ2n) is 2.93. The van der Waals surface area contributed by atoms with E-state index < -0.39 is 0 Å². The molecule has 2 N–H and O–H groups in total. The van der Waals surface area contributed by atoms with Crippen LogP contribution >= 0.6 is 15.9 Å². The Morgan fingerprint density at radius 1 is 1.73 bits per heavy atom. The predicted octanol–water partition coefficient (Wildman–Crippen LogP) is 0.919. The molecule has 4 heteroatoms. The van der Waals surface area contributed by atoms with Crippen molar-refractivity contribution in [3.8, 4) is 0 Å². The summed E-state index contributed by atoms with van der Waals surface area (Å²) in [5.41, 5.74) is 7.08. The van der Waals surface area contributed by atoms with Crippen LogP contribution in [-0.2, 0) is 13.0 Å². The van der Waals surface area contributed by atoms with Gasteiger partial charge in [-0.1, -0.05) is 0 Å². The van der Waals surface area contributed by atoms with Gasteiger partial charge in [0, 0.05) is 12.6 Å². The van der Waals surface area contributed by atoms with Crippen molar-refractivity contribution in [1.29, 1.82) is 0 Å². The van der Waals surface area contributed by atoms with Crippen molar-refractivity contribution >= 4 is 15.9 Å². The second-order valence-corrected chi connectivity index (χ2v) is 3.68. The lowest BCUT2D eigenvalue weighted by Gasteiger charge is -2.20. The Kier molecular flexibility index (Phi) is 1.73. The smallest absolute Gasteiger partial charge is 0.127 e. The highest BCUT2D eigenvalue weighted by Gasteiger charge is 2.17. The summed E-state index contributed by atoms with van der Waals surface area (Å²) in [6, 6.07) is 0.309. The first kappa shape index (κ1) is 7.31. The molecular weight excluding hydrogens is 206 g/mol. The van der Waals surface area contributed by atoms with Crippen molar-refractivity contribution in [2.45, 2.75) is 25.4 Å². The van der Waals surface area contributed by atoms with Gasteiger partial charge in [-0.05, 0) is 28.8 Å². The van der Waals surface area contributed by atoms with Crippen LogP contribution in [0.5, 0.6) is 0 Å². The molecule has 2 heterocycles. The summed E-state index contributed by atoms with van der Waals surface area (Å²) >= 11 is 3.40. The van der Waals surface area contributed by atoms with Gasteiger partial charge < -0.3 is 10.3 Å². The molecule has 1 unspecified atom stereocenters. The standard InChI is InChI=1S/C7H10BrN3/c8-7-6-2-1-5(9)3-11(6)4-10-7/h4-5H,1-3,9H2. The van der Waals surface area contributed by atoms with Gasteiger partial charge in [-0.2, -0.15) is 0 Å². The summed E-state index contributed by atoms with van der Waals surface area (Å²) in [7, 11) is 0. The zero-order valence-electron chi connectivity index (χ0n) is 6.13. The lowest BCUT2D eigenvalue weighted by Crippen LogP contribution is -2.31. The summed E-state index contributed by atoms with van der Waals surface area (Å²) in [6.45, 7) is 0.911. The molecule has 1 aromatic rings. The minimum absolute atomic E-state index is 0.309. The van der Waals surface area contributed by atoms with E-state index >= 15 is 0 Å². The molecule has 1 aliphatic heterocycles. The van der Waals surface area contributed by atoms with E-state index in [1.807, 2.05) is 6.33 Å². The van der Waals surface area contributed by atoms with Crippen LogP contribution in [0.3, 0.4) is 0 Å². The van der Waals surface area contributed by atoms with Crippen molar-refractivity contribution in [3.05, 3.63) is 16.6 Å². The largest absolute Gasteiger partial charge is 0.332 e. The van der Waals surface area contributed by atoms with E-state index in [9.17, 15) is 0 Å². The van der Waals surface area contributed by atoms with Crippen LogP contribution < -0.4 is 5.73 Å². The van der Waals surface area contributed by atoms with E-state index in [0.717, 1.165) is 24.0 Å². The fourth-order valence-electron chi connectivity index (χ4n) is 1.45. The topological polar surface area (TPSA) is 43.8 Å². The minimum atomic E-state index is 0.309. The fraction of sp³-hybridized carbons (Fsp3) is 0.571. The highest BCUT2D eigenvalue weighted by Crippen LogP contribution is 2.20. The average molecular weight is 216 g/mol. The van der Waals surface area contributed by atoms with E-state index in [1.54, 1.807) is 0 Å². The van der Waals surface area contributed by atoms with Gasteiger partial charge in [0.15, 0.2) is 0 Å². The molecule has 11 heavy (non-hydrogen) atoms. The van der Waals surface area contributed by atoms with Gasteiger partial charge >= 0.3 is 0 Å². The molecule has 60 valence electrons. The van der Waals surface area contributed by atoms with Crippen molar-refractivity contribution in [2.75, 3.05) is 0 Å². The SMILES string of the molecule is NC1CCc2c(Br)ncn2C1. The zero-order valence-corrected chi connectivity index (χ0v) is 7.71. The Bertz CT molecular complexity index is 269. The van der Waals surface area contributed by atoms with Crippen LogP contribution in [0.15, 0.2) is 10.9 Å². The van der Waals surface area contributed by atoms with Crippen molar-refractivity contribution < 1.29 is 0 Å². The molecule has 0 amide bonds. The molecule has 0 fully saturated rings. The Labute approximate surface area is 73.7 Å². The van der Waals surface area contributed by atoms with Crippen LogP contribution in [0.25, 0.3) is 0 Å². The zero-order chi connectivity index (χ0) is 7.84. The Morgan fingerprint density at radius 3 is 3.36 bits per heavy atom. The molecule has 0 aromatic carbocycles. The molecule has 0 aliphatic carbocycles. The number of nitrogens with zero attached hydrogens (tertiary/aromatic N) is 2. The van der Waals surface area contributed by atoms with Gasteiger partial charge in [-0.3, -0.25) is 0 Å². The second kappa shape index (κ2) is 2.60. The van der Waals surface area contributed by atoms with E-state index in [4.69, 9.17) is 5.73 Å². The first-order chi connectivity index (χ1) is 5.27. The maximum absolute atomic E-state index is 5.79. The van der Waals surface area contributed by atoms with Crippen molar-refractivity contribution in [2.24, 2.45) is 5.73 Å². The first-order valence-electron chi connectivity index (χ1n) is 3.72. The van der Waals surface area contributed by atoms with Gasteiger partial charge in [-0.15, -0.1) is 0 Å². The fourth-order valence-corrected chi connectivity index (χ4v) is 1.97. The molecule has 1 aromatic heterocycles. The Morgan fingerprint density at radius 2 is 2.55 bits per heavy atom. The monoisotopic (exact) mass is 215 g/mol. The number of halogens is 1. The lowest BCUT2D eigenvalue weighted by atomic mass is 10.1. The quantitative estimate of drug-likeness (QED) is 0.700. The van der Waals surface area contributed by atoms with Gasteiger partial charge in [0.1, 0.15) is 4.60 Å². The van der Waals surface area contributed by atoms with Gasteiger partial charge in [0.05, 0.1) is 12.0 Å². The summed E-state index contributed by atoms with van der Waals surface area (Å²) in [5.74, 6) is 0. The molecule has 0 saturated carbocycles. The molecule has 0 radical (unpaired) electrons. The third-order valence-electron chi connectivity index (χ3n) is 2.08. The number of nitrogens with two attached hydrogens (primary N) is 1. The van der Waals surface area contributed by atoms with Crippen LogP contribution in [0.2, 0.25) is 0 Å². The number of imidazole rings is 1. The molecule has 1 atom stereocenters. The molecule has 3 nitrogen and oxygen atoms in total. The molecular formula is C7H10BrN3. The van der Waals surface area contributed by atoms with E-state index in [1.165, 1.54) is 5.69 Å². The van der Waals surface area contributed by atoms with E-state index in [0.29, 0.717) is 6.04 Å². The summed E-state index contributed by atoms with van der Waals surface area (Å²) < 4.78 is 3.10. The van der Waals surface area contributed by atoms with Crippen LogP contribution in [0.1, 0.15) is 12.1 Å². The third-order valence-corrected chi connectivity index (χ3v) is 2.74. The first-order valence-corrected chi connectivity index (χ1v) is 4.52. The maximum atomic E-state index is 5.79. The number of rotatable bonds is 0. The number of fused-ring (bicyclic) bond motifs is 1. The lowest BCUT2D eigenvalue weighted by molar-refractivity contribution is 0.459. The highest BCUT2D eigenvalue weighted by molar-refractivity contribution is 9.10. The Hall–Kier alpha value is -0.350. The van der Waals surface area contributed by atoms with Crippen LogP contribution in [0.4, 0.5) is 0 Å². The summed E-state index contributed by atoms with van der Waals surface area (Å²) in [5, 5.41) is 0. The molecule has 0 spiro atoms. The molecule has 1 aliphatic rings. The maximum Gasteiger partial charge on any atom is 0.127 e. The molecule has 0 bridgehead atoms. The van der Waals surface area contributed by atoms with E-state index in [-0.39, 0.29) is 0 Å². The van der Waals surface area contributed by atoms with Crippen LogP contribution in [0, 0.1) is 0 Å². The number of hydrogen-bond donors (Lipinski definition) is 1. The number of hydrogen-bond acceptors (Lipinski definition) is 2. The van der Waals surface area contributed by atoms with Gasteiger partial charge in [-0.25, -0.2) is 4.98 Å². The van der Waals surface area contributed by atoms with Crippen molar-refractivity contribution in [1.82, 2.24) is 9.55 Å². The summed E-state index contributed by atoms with van der Waals surface area (Å²) in [6.07, 6.45) is 3.96. The molecule has 2 rings (SSSR count). The average Bonchev–Trinajstić information content (AvgIpc) is 2.32. The van der Waals surface area contributed by atoms with Gasteiger partial charge in [0.2, 0.25) is 0 Å².